The zero-order valence-corrected chi connectivity index (χ0v) is 14.7. The van der Waals surface area contributed by atoms with Crippen LogP contribution >= 0.6 is 0 Å². The first-order valence-electron chi connectivity index (χ1n) is 8.60. The molecule has 5 nitrogen and oxygen atoms in total. The Balaban J connectivity index is 1.67. The van der Waals surface area contributed by atoms with Gasteiger partial charge in [0.2, 0.25) is 0 Å². The van der Waals surface area contributed by atoms with Gasteiger partial charge in [-0.05, 0) is 23.3 Å². The van der Waals surface area contributed by atoms with Crippen LogP contribution in [-0.2, 0) is 11.3 Å². The van der Waals surface area contributed by atoms with E-state index in [-0.39, 0.29) is 12.5 Å². The lowest BCUT2D eigenvalue weighted by atomic mass is 10.1. The molecule has 0 aliphatic heterocycles. The average Bonchev–Trinajstić information content (AvgIpc) is 2.74. The molecule has 2 N–H and O–H groups in total. The third kappa shape index (κ3) is 5.44. The van der Waals surface area contributed by atoms with Crippen LogP contribution in [0.3, 0.4) is 0 Å². The lowest BCUT2D eigenvalue weighted by Gasteiger charge is -2.20. The van der Waals surface area contributed by atoms with Crippen molar-refractivity contribution in [3.05, 3.63) is 108 Å². The van der Waals surface area contributed by atoms with E-state index in [4.69, 9.17) is 4.74 Å². The lowest BCUT2D eigenvalue weighted by Crippen LogP contribution is -2.41. The molecule has 0 heterocycles. The summed E-state index contributed by atoms with van der Waals surface area (Å²) in [4.78, 5) is 24.7. The van der Waals surface area contributed by atoms with Gasteiger partial charge in [-0.1, -0.05) is 78.9 Å². The van der Waals surface area contributed by atoms with Crippen LogP contribution < -0.4 is 10.6 Å². The second-order valence-corrected chi connectivity index (χ2v) is 5.89. The fourth-order valence-electron chi connectivity index (χ4n) is 2.53. The fraction of sp³-hybridized carbons (Fsp3) is 0.0909. The quantitative estimate of drug-likeness (QED) is 0.652. The van der Waals surface area contributed by atoms with Gasteiger partial charge < -0.3 is 10.1 Å². The van der Waals surface area contributed by atoms with Gasteiger partial charge in [0, 0.05) is 5.56 Å². The molecule has 0 aromatic heterocycles. The van der Waals surface area contributed by atoms with Crippen molar-refractivity contribution in [1.82, 2.24) is 10.6 Å². The highest BCUT2D eigenvalue weighted by Crippen LogP contribution is 2.12. The van der Waals surface area contributed by atoms with Crippen molar-refractivity contribution in [3.8, 4) is 0 Å². The molecule has 27 heavy (non-hydrogen) atoms. The van der Waals surface area contributed by atoms with Crippen LogP contribution in [0.25, 0.3) is 0 Å². The summed E-state index contributed by atoms with van der Waals surface area (Å²) in [5.41, 5.74) is 2.15. The average molecular weight is 360 g/mol. The monoisotopic (exact) mass is 360 g/mol. The van der Waals surface area contributed by atoms with Crippen molar-refractivity contribution in [2.75, 3.05) is 0 Å². The van der Waals surface area contributed by atoms with E-state index in [1.54, 1.807) is 24.3 Å². The number of carbonyl (C=O) groups is 2. The molecule has 2 amide bonds. The van der Waals surface area contributed by atoms with E-state index in [0.29, 0.717) is 5.56 Å². The predicted molar refractivity (Wildman–Crippen MR) is 103 cm³/mol. The third-order valence-electron chi connectivity index (χ3n) is 3.92. The minimum absolute atomic E-state index is 0.154. The highest BCUT2D eigenvalue weighted by Gasteiger charge is 2.18. The van der Waals surface area contributed by atoms with Gasteiger partial charge in [-0.2, -0.15) is 0 Å². The van der Waals surface area contributed by atoms with Crippen molar-refractivity contribution in [1.29, 1.82) is 0 Å². The number of rotatable bonds is 6. The second kappa shape index (κ2) is 9.20. The Bertz CT molecular complexity index is 868. The van der Waals surface area contributed by atoms with Gasteiger partial charge in [0.15, 0.2) is 0 Å². The largest absolute Gasteiger partial charge is 0.445 e. The first-order valence-corrected chi connectivity index (χ1v) is 8.60. The Hall–Kier alpha value is -3.60. The molecule has 3 rings (SSSR count). The number of alkyl carbamates (subject to hydrolysis) is 1. The molecule has 0 aliphatic carbocycles. The maximum atomic E-state index is 12.5. The Kier molecular flexibility index (Phi) is 6.20. The minimum atomic E-state index is -0.706. The summed E-state index contributed by atoms with van der Waals surface area (Å²) >= 11 is 0. The number of ether oxygens (including phenoxy) is 1. The van der Waals surface area contributed by atoms with E-state index in [2.05, 4.69) is 10.6 Å². The maximum absolute atomic E-state index is 12.5. The van der Waals surface area contributed by atoms with Crippen LogP contribution in [0.15, 0.2) is 91.0 Å². The summed E-state index contributed by atoms with van der Waals surface area (Å²) in [5.74, 6) is -0.284. The van der Waals surface area contributed by atoms with Gasteiger partial charge in [-0.25, -0.2) is 4.79 Å². The topological polar surface area (TPSA) is 67.4 Å². The minimum Gasteiger partial charge on any atom is -0.445 e. The van der Waals surface area contributed by atoms with Crippen LogP contribution in [0.1, 0.15) is 27.7 Å². The molecule has 1 atom stereocenters. The van der Waals surface area contributed by atoms with Crippen LogP contribution in [0.5, 0.6) is 0 Å². The molecule has 0 aliphatic rings. The van der Waals surface area contributed by atoms with E-state index >= 15 is 0 Å². The Morgan fingerprint density at radius 2 is 1.30 bits per heavy atom. The number of hydrogen-bond donors (Lipinski definition) is 2. The van der Waals surface area contributed by atoms with Gasteiger partial charge in [0.05, 0.1) is 0 Å². The summed E-state index contributed by atoms with van der Waals surface area (Å²) < 4.78 is 5.27. The number of benzene rings is 3. The Labute approximate surface area is 158 Å². The second-order valence-electron chi connectivity index (χ2n) is 5.89. The molecule has 0 spiro atoms. The molecule has 0 fully saturated rings. The van der Waals surface area contributed by atoms with Crippen molar-refractivity contribution in [2.45, 2.75) is 12.8 Å². The van der Waals surface area contributed by atoms with Crippen molar-refractivity contribution in [2.24, 2.45) is 0 Å². The smallest absolute Gasteiger partial charge is 0.409 e. The summed E-state index contributed by atoms with van der Waals surface area (Å²) in [6, 6.07) is 27.4. The molecule has 0 saturated carbocycles. The van der Waals surface area contributed by atoms with Gasteiger partial charge in [0.1, 0.15) is 12.8 Å². The summed E-state index contributed by atoms with van der Waals surface area (Å²) in [6.45, 7) is 0.154. The fourth-order valence-corrected chi connectivity index (χ4v) is 2.53. The molecule has 136 valence electrons. The summed E-state index contributed by atoms with van der Waals surface area (Å²) in [7, 11) is 0. The highest BCUT2D eigenvalue weighted by molar-refractivity contribution is 5.94. The molecule has 0 unspecified atom stereocenters. The van der Waals surface area contributed by atoms with Crippen molar-refractivity contribution in [3.63, 3.8) is 0 Å². The molecule has 5 heteroatoms. The summed E-state index contributed by atoms with van der Waals surface area (Å²) in [6.07, 6.45) is -1.32. The predicted octanol–water partition coefficient (Wildman–Crippen LogP) is 4.04. The van der Waals surface area contributed by atoms with E-state index in [1.165, 1.54) is 0 Å². The molecule has 0 radical (unpaired) electrons. The van der Waals surface area contributed by atoms with Gasteiger partial charge in [0.25, 0.3) is 5.91 Å². The Morgan fingerprint density at radius 3 is 1.93 bits per heavy atom. The normalized spacial score (nSPS) is 11.3. The number of nitrogens with one attached hydrogen (secondary N) is 2. The van der Waals surface area contributed by atoms with Crippen molar-refractivity contribution < 1.29 is 14.3 Å². The van der Waals surface area contributed by atoms with Gasteiger partial charge >= 0.3 is 6.09 Å². The molecule has 0 bridgehead atoms. The van der Waals surface area contributed by atoms with E-state index in [0.717, 1.165) is 11.1 Å². The Morgan fingerprint density at radius 1 is 0.741 bits per heavy atom. The number of carbonyl (C=O) groups excluding carboxylic acids is 2. The van der Waals surface area contributed by atoms with Crippen LogP contribution in [-0.4, -0.2) is 12.0 Å². The van der Waals surface area contributed by atoms with Gasteiger partial charge in [-0.3, -0.25) is 10.1 Å². The zero-order valence-electron chi connectivity index (χ0n) is 14.7. The van der Waals surface area contributed by atoms with Gasteiger partial charge in [-0.15, -0.1) is 0 Å². The molecular weight excluding hydrogens is 340 g/mol. The van der Waals surface area contributed by atoms with Crippen LogP contribution in [0, 0.1) is 0 Å². The third-order valence-corrected chi connectivity index (χ3v) is 3.92. The number of hydrogen-bond acceptors (Lipinski definition) is 3. The van der Waals surface area contributed by atoms with Crippen molar-refractivity contribution >= 4 is 12.0 Å². The van der Waals surface area contributed by atoms with Crippen LogP contribution in [0.4, 0.5) is 4.79 Å². The molecule has 3 aromatic carbocycles. The SMILES string of the molecule is O=C(N[C@H](NC(=O)c1ccccc1)c1ccccc1)OCc1ccccc1. The van der Waals surface area contributed by atoms with E-state index in [9.17, 15) is 9.59 Å². The molecule has 3 aromatic rings. The van der Waals surface area contributed by atoms with Crippen LogP contribution in [0.2, 0.25) is 0 Å². The lowest BCUT2D eigenvalue weighted by molar-refractivity contribution is 0.0920. The molecular formula is C22H20N2O3. The first kappa shape index (κ1) is 18.2. The van der Waals surface area contributed by atoms with E-state index < -0.39 is 12.3 Å². The highest BCUT2D eigenvalue weighted by atomic mass is 16.5. The molecule has 0 saturated heterocycles. The standard InChI is InChI=1S/C22H20N2O3/c25-21(19-14-8-3-9-15-19)23-20(18-12-6-2-7-13-18)24-22(26)27-16-17-10-4-1-5-11-17/h1-15,20H,16H2,(H,23,25)(H,24,26)/t20-/m0/s1. The number of amides is 2. The summed E-state index contributed by atoms with van der Waals surface area (Å²) in [5, 5.41) is 5.54. The maximum Gasteiger partial charge on any atom is 0.409 e. The van der Waals surface area contributed by atoms with E-state index in [1.807, 2.05) is 66.7 Å². The first-order chi connectivity index (χ1) is 13.2. The zero-order chi connectivity index (χ0) is 18.9.